The van der Waals surface area contributed by atoms with Crippen LogP contribution in [-0.4, -0.2) is 28.2 Å². The topological polar surface area (TPSA) is 63.7 Å². The lowest BCUT2D eigenvalue weighted by Gasteiger charge is -2.34. The van der Waals surface area contributed by atoms with Crippen LogP contribution in [0.1, 0.15) is 24.4 Å². The van der Waals surface area contributed by atoms with Gasteiger partial charge in [0.2, 0.25) is 0 Å². The zero-order valence-electron chi connectivity index (χ0n) is 9.80. The highest BCUT2D eigenvalue weighted by atomic mass is 19.1. The molecule has 1 fully saturated rings. The Morgan fingerprint density at radius 3 is 2.94 bits per heavy atom. The molecule has 0 amide bonds. The van der Waals surface area contributed by atoms with Gasteiger partial charge in [-0.05, 0) is 25.0 Å². The maximum atomic E-state index is 13.6. The van der Waals surface area contributed by atoms with Crippen molar-refractivity contribution in [1.29, 1.82) is 5.26 Å². The van der Waals surface area contributed by atoms with Crippen LogP contribution in [0, 0.1) is 17.1 Å². The first kappa shape index (κ1) is 11.1. The lowest BCUT2D eigenvalue weighted by atomic mass is 9.89. The maximum Gasteiger partial charge on any atom is 0.143 e. The fourth-order valence-corrected chi connectivity index (χ4v) is 2.30. The molecule has 0 N–H and O–H groups in total. The number of hydrogen-bond donors (Lipinski definition) is 0. The Balaban J connectivity index is 2.09. The monoisotopic (exact) mass is 246 g/mol. The fraction of sp³-hybridized carbons (Fsp3) is 0.417. The number of fused-ring (bicyclic) bond motifs is 1. The van der Waals surface area contributed by atoms with Crippen LogP contribution in [0.5, 0.6) is 0 Å². The largest absolute Gasteiger partial charge is 0.381 e. The molecule has 0 saturated heterocycles. The molecule has 1 aliphatic rings. The Labute approximate surface area is 103 Å². The predicted molar refractivity (Wildman–Crippen MR) is 61.3 cm³/mol. The van der Waals surface area contributed by atoms with Gasteiger partial charge < -0.3 is 4.74 Å². The molecule has 2 aromatic rings. The summed E-state index contributed by atoms with van der Waals surface area (Å²) in [6.07, 6.45) is 1.85. The van der Waals surface area contributed by atoms with E-state index in [-0.39, 0.29) is 17.7 Å². The molecule has 1 heterocycles. The van der Waals surface area contributed by atoms with Crippen molar-refractivity contribution in [2.75, 3.05) is 7.11 Å². The molecule has 0 aliphatic heterocycles. The van der Waals surface area contributed by atoms with Crippen molar-refractivity contribution in [1.82, 2.24) is 15.0 Å². The minimum atomic E-state index is -0.531. The molecule has 92 valence electrons. The smallest absolute Gasteiger partial charge is 0.143 e. The SMILES string of the molecule is COC1CC(n2nnc3ccc(F)c(C#N)c32)C1. The number of ether oxygens (including phenoxy) is 1. The van der Waals surface area contributed by atoms with E-state index in [1.165, 1.54) is 6.07 Å². The molecule has 1 aromatic heterocycles. The minimum absolute atomic E-state index is 0.0124. The second-order valence-electron chi connectivity index (χ2n) is 4.42. The number of hydrogen-bond acceptors (Lipinski definition) is 4. The summed E-state index contributed by atoms with van der Waals surface area (Å²) in [6, 6.07) is 4.81. The summed E-state index contributed by atoms with van der Waals surface area (Å²) in [4.78, 5) is 0. The van der Waals surface area contributed by atoms with Crippen LogP contribution in [0.15, 0.2) is 12.1 Å². The summed E-state index contributed by atoms with van der Waals surface area (Å²) in [7, 11) is 1.67. The summed E-state index contributed by atoms with van der Waals surface area (Å²) in [5, 5.41) is 17.1. The molecule has 1 aromatic carbocycles. The second kappa shape index (κ2) is 4.03. The van der Waals surface area contributed by atoms with E-state index in [4.69, 9.17) is 10.00 Å². The lowest BCUT2D eigenvalue weighted by Crippen LogP contribution is -2.33. The molecule has 0 atom stereocenters. The van der Waals surface area contributed by atoms with Crippen molar-refractivity contribution in [2.24, 2.45) is 0 Å². The molecule has 0 spiro atoms. The van der Waals surface area contributed by atoms with Crippen molar-refractivity contribution in [2.45, 2.75) is 25.0 Å². The van der Waals surface area contributed by atoms with Gasteiger partial charge in [-0.3, -0.25) is 0 Å². The van der Waals surface area contributed by atoms with Gasteiger partial charge in [-0.25, -0.2) is 9.07 Å². The number of halogens is 1. The van der Waals surface area contributed by atoms with E-state index in [0.29, 0.717) is 11.0 Å². The molecule has 18 heavy (non-hydrogen) atoms. The summed E-state index contributed by atoms with van der Waals surface area (Å²) < 4.78 is 20.4. The number of benzene rings is 1. The number of nitrogens with zero attached hydrogens (tertiary/aromatic N) is 4. The van der Waals surface area contributed by atoms with E-state index < -0.39 is 5.82 Å². The number of methoxy groups -OCH3 is 1. The average molecular weight is 246 g/mol. The molecule has 0 radical (unpaired) electrons. The zero-order chi connectivity index (χ0) is 12.7. The van der Waals surface area contributed by atoms with Gasteiger partial charge in [0.05, 0.1) is 12.1 Å². The van der Waals surface area contributed by atoms with Crippen LogP contribution in [0.25, 0.3) is 11.0 Å². The van der Waals surface area contributed by atoms with Gasteiger partial charge in [-0.2, -0.15) is 5.26 Å². The molecular formula is C12H11FN4O. The standard InChI is InChI=1S/C12H11FN4O/c1-18-8-4-7(5-8)17-12-9(6-14)10(13)2-3-11(12)15-16-17/h2-3,7-8H,4-5H2,1H3. The van der Waals surface area contributed by atoms with Crippen molar-refractivity contribution in [3.8, 4) is 6.07 Å². The second-order valence-corrected chi connectivity index (χ2v) is 4.42. The molecule has 5 nitrogen and oxygen atoms in total. The summed E-state index contributed by atoms with van der Waals surface area (Å²) in [5.41, 5.74) is 1.05. The van der Waals surface area contributed by atoms with E-state index in [1.807, 2.05) is 6.07 Å². The normalized spacial score (nSPS) is 22.7. The Kier molecular flexibility index (Phi) is 2.49. The van der Waals surface area contributed by atoms with E-state index in [0.717, 1.165) is 12.8 Å². The van der Waals surface area contributed by atoms with Crippen molar-refractivity contribution < 1.29 is 9.13 Å². The Morgan fingerprint density at radius 2 is 2.28 bits per heavy atom. The van der Waals surface area contributed by atoms with Crippen LogP contribution < -0.4 is 0 Å². The van der Waals surface area contributed by atoms with Gasteiger partial charge in [0.25, 0.3) is 0 Å². The molecule has 0 unspecified atom stereocenters. The summed E-state index contributed by atoms with van der Waals surface area (Å²) in [6.45, 7) is 0. The van der Waals surface area contributed by atoms with Crippen LogP contribution in [-0.2, 0) is 4.74 Å². The van der Waals surface area contributed by atoms with Crippen LogP contribution in [0.3, 0.4) is 0 Å². The van der Waals surface area contributed by atoms with Crippen molar-refractivity contribution in [3.63, 3.8) is 0 Å². The van der Waals surface area contributed by atoms with Crippen LogP contribution >= 0.6 is 0 Å². The van der Waals surface area contributed by atoms with E-state index in [9.17, 15) is 4.39 Å². The molecule has 3 rings (SSSR count). The highest BCUT2D eigenvalue weighted by molar-refractivity contribution is 5.81. The zero-order valence-corrected chi connectivity index (χ0v) is 9.80. The third kappa shape index (κ3) is 1.48. The molecule has 1 saturated carbocycles. The lowest BCUT2D eigenvalue weighted by molar-refractivity contribution is 0.00330. The highest BCUT2D eigenvalue weighted by Crippen LogP contribution is 2.36. The predicted octanol–water partition coefficient (Wildman–Crippen LogP) is 1.79. The maximum absolute atomic E-state index is 13.6. The Hall–Kier alpha value is -2.00. The molecule has 6 heteroatoms. The third-order valence-corrected chi connectivity index (χ3v) is 3.44. The number of aromatic nitrogens is 3. The molecule has 0 bridgehead atoms. The quantitative estimate of drug-likeness (QED) is 0.810. The van der Waals surface area contributed by atoms with Crippen LogP contribution in [0.2, 0.25) is 0 Å². The first-order valence-electron chi connectivity index (χ1n) is 5.71. The number of rotatable bonds is 2. The van der Waals surface area contributed by atoms with Gasteiger partial charge >= 0.3 is 0 Å². The van der Waals surface area contributed by atoms with Crippen LogP contribution in [0.4, 0.5) is 4.39 Å². The first-order valence-corrected chi connectivity index (χ1v) is 5.71. The number of nitriles is 1. The first-order chi connectivity index (χ1) is 8.74. The van der Waals surface area contributed by atoms with E-state index in [1.54, 1.807) is 17.9 Å². The van der Waals surface area contributed by atoms with Gasteiger partial charge in [0, 0.05) is 7.11 Å². The third-order valence-electron chi connectivity index (χ3n) is 3.44. The molecular weight excluding hydrogens is 235 g/mol. The Bertz CT molecular complexity index is 639. The fourth-order valence-electron chi connectivity index (χ4n) is 2.30. The van der Waals surface area contributed by atoms with Crippen molar-refractivity contribution >= 4 is 11.0 Å². The van der Waals surface area contributed by atoms with E-state index in [2.05, 4.69) is 10.3 Å². The Morgan fingerprint density at radius 1 is 1.50 bits per heavy atom. The minimum Gasteiger partial charge on any atom is -0.381 e. The summed E-state index contributed by atoms with van der Waals surface area (Å²) >= 11 is 0. The van der Waals surface area contributed by atoms with Gasteiger partial charge in [0.15, 0.2) is 0 Å². The molecule has 1 aliphatic carbocycles. The van der Waals surface area contributed by atoms with Gasteiger partial charge in [0.1, 0.15) is 28.5 Å². The average Bonchev–Trinajstić information content (AvgIpc) is 2.72. The van der Waals surface area contributed by atoms with E-state index >= 15 is 0 Å². The van der Waals surface area contributed by atoms with Gasteiger partial charge in [-0.1, -0.05) is 5.21 Å². The van der Waals surface area contributed by atoms with Gasteiger partial charge in [-0.15, -0.1) is 5.10 Å². The highest BCUT2D eigenvalue weighted by Gasteiger charge is 2.33. The summed E-state index contributed by atoms with van der Waals surface area (Å²) in [5.74, 6) is -0.531. The van der Waals surface area contributed by atoms with Crippen molar-refractivity contribution in [3.05, 3.63) is 23.5 Å².